The van der Waals surface area contributed by atoms with Crippen molar-refractivity contribution in [2.75, 3.05) is 14.1 Å². The summed E-state index contributed by atoms with van der Waals surface area (Å²) >= 11 is 0. The number of hydrogen-bond donors (Lipinski definition) is 2. The first-order valence-electron chi connectivity index (χ1n) is 7.23. The number of halogens is 18. The van der Waals surface area contributed by atoms with Crippen LogP contribution in [0, 0.1) is 0 Å². The minimum absolute atomic E-state index is 1.88. The summed E-state index contributed by atoms with van der Waals surface area (Å²) in [5.74, 6) is -51.9. The molecule has 0 rings (SSSR count). The molecule has 0 heterocycles. The summed E-state index contributed by atoms with van der Waals surface area (Å²) in [5, 5.41) is -5.13. The van der Waals surface area contributed by atoms with Gasteiger partial charge in [0.05, 0.1) is 0 Å². The first-order chi connectivity index (χ1) is 14.3. The molecule has 208 valence electrons. The maximum atomic E-state index is 13.2. The summed E-state index contributed by atoms with van der Waals surface area (Å²) in [7, 11) is -4.18. The van der Waals surface area contributed by atoms with E-state index < -0.39 is 63.3 Å². The third-order valence-electron chi connectivity index (χ3n) is 3.29. The Morgan fingerprint density at radius 1 is 0.588 bits per heavy atom. The Bertz CT molecular complexity index is 804. The molecule has 0 aromatic carbocycles. The largest absolute Gasteiger partial charge is 0.438 e. The molecule has 0 fully saturated rings. The maximum Gasteiger partial charge on any atom is 0.438 e. The zero-order valence-corrected chi connectivity index (χ0v) is 16.4. The normalized spacial score (nSPS) is 16.6. The van der Waals surface area contributed by atoms with Gasteiger partial charge in [-0.25, -0.2) is 4.39 Å². The molecule has 1 unspecified atom stereocenters. The molecule has 4 nitrogen and oxygen atoms in total. The second-order valence-corrected chi connectivity index (χ2v) is 7.35. The van der Waals surface area contributed by atoms with Crippen molar-refractivity contribution in [2.24, 2.45) is 0 Å². The van der Waals surface area contributed by atoms with Crippen LogP contribution in [0.25, 0.3) is 0 Å². The molecule has 0 saturated carbocycles. The fraction of sp³-hybridized carbons (Fsp3) is 1.00. The Balaban J connectivity index is 0. The highest BCUT2D eigenvalue weighted by Gasteiger charge is 2.95. The lowest BCUT2D eigenvalue weighted by Gasteiger charge is -2.42. The Kier molecular flexibility index (Phi) is 9.45. The predicted octanol–water partition coefficient (Wildman–Crippen LogP) is 5.01. The first-order valence-corrected chi connectivity index (χ1v) is 8.67. The fourth-order valence-electron chi connectivity index (χ4n) is 1.51. The van der Waals surface area contributed by atoms with E-state index in [4.69, 9.17) is 4.55 Å². The van der Waals surface area contributed by atoms with Crippen LogP contribution in [-0.2, 0) is 10.1 Å². The molecule has 0 saturated heterocycles. The van der Waals surface area contributed by atoms with Gasteiger partial charge in [0.2, 0.25) is 0 Å². The lowest BCUT2D eigenvalue weighted by molar-refractivity contribution is -0.444. The van der Waals surface area contributed by atoms with Crippen molar-refractivity contribution in [1.29, 1.82) is 0 Å². The minimum Gasteiger partial charge on any atom is -0.323 e. The van der Waals surface area contributed by atoms with Crippen molar-refractivity contribution >= 4 is 10.1 Å². The molecule has 0 aromatic rings. The molecule has 0 aliphatic carbocycles. The van der Waals surface area contributed by atoms with Crippen molar-refractivity contribution in [3.05, 3.63) is 0 Å². The lowest BCUT2D eigenvalue weighted by Crippen LogP contribution is -2.74. The summed E-state index contributed by atoms with van der Waals surface area (Å²) in [6, 6.07) is 0. The van der Waals surface area contributed by atoms with E-state index in [0.29, 0.717) is 0 Å². The standard InChI is InChI=1S/C9H2F18O3S.C2H7N/c10-1(3(13,14)15)2(11,12)4(16,17)5(18,19)6(20,21)7(22,23)8(24,25)9(26,27)31(28,29)30;1-3-2/h1H,(H,28,29,30);3H,1-2H3. The Labute approximate surface area is 176 Å². The van der Waals surface area contributed by atoms with Gasteiger partial charge >= 0.3 is 57.1 Å². The van der Waals surface area contributed by atoms with E-state index in [9.17, 15) is 87.4 Å². The molecule has 0 spiro atoms. The summed E-state index contributed by atoms with van der Waals surface area (Å²) < 4.78 is 258. The van der Waals surface area contributed by atoms with Crippen LogP contribution in [0.5, 0.6) is 0 Å². The molecule has 0 aliphatic rings. The monoisotopic (exact) mass is 577 g/mol. The van der Waals surface area contributed by atoms with E-state index in [1.54, 1.807) is 0 Å². The van der Waals surface area contributed by atoms with Crippen molar-refractivity contribution in [3.63, 3.8) is 0 Å². The van der Waals surface area contributed by atoms with E-state index in [0.717, 1.165) is 0 Å². The van der Waals surface area contributed by atoms with Gasteiger partial charge < -0.3 is 5.32 Å². The highest BCUT2D eigenvalue weighted by atomic mass is 32.2. The molecule has 0 aliphatic heterocycles. The lowest BCUT2D eigenvalue weighted by atomic mass is 9.89. The number of nitrogens with one attached hydrogen (secondary N) is 1. The van der Waals surface area contributed by atoms with E-state index in [2.05, 4.69) is 5.32 Å². The van der Waals surface area contributed by atoms with Crippen LogP contribution in [0.4, 0.5) is 79.0 Å². The SMILES string of the molecule is CNC.O=S(=O)(O)C(F)(F)C(F)(F)C(F)(F)C(F)(F)C(F)(F)C(F)(F)C(F)(F)C(F)C(F)(F)F. The van der Waals surface area contributed by atoms with Crippen LogP contribution in [0.3, 0.4) is 0 Å². The van der Waals surface area contributed by atoms with Crippen molar-refractivity contribution in [3.8, 4) is 0 Å². The highest BCUT2D eigenvalue weighted by molar-refractivity contribution is 7.87. The van der Waals surface area contributed by atoms with Gasteiger partial charge in [-0.2, -0.15) is 83.1 Å². The van der Waals surface area contributed by atoms with E-state index >= 15 is 0 Å². The molecule has 1 atom stereocenters. The fourth-order valence-corrected chi connectivity index (χ4v) is 1.96. The van der Waals surface area contributed by atoms with E-state index in [1.165, 1.54) is 0 Å². The zero-order valence-electron chi connectivity index (χ0n) is 15.6. The predicted molar refractivity (Wildman–Crippen MR) is 72.1 cm³/mol. The van der Waals surface area contributed by atoms with Gasteiger partial charge in [0.1, 0.15) is 0 Å². The second kappa shape index (κ2) is 9.24. The van der Waals surface area contributed by atoms with Crippen LogP contribution >= 0.6 is 0 Å². The van der Waals surface area contributed by atoms with Crippen LogP contribution in [0.15, 0.2) is 0 Å². The van der Waals surface area contributed by atoms with Gasteiger partial charge in [-0.05, 0) is 14.1 Å². The average Bonchev–Trinajstić information content (AvgIpc) is 2.58. The molecular formula is C11H9F18NO3S. The Morgan fingerprint density at radius 3 is 1.06 bits per heavy atom. The molecule has 0 radical (unpaired) electrons. The minimum atomic E-state index is -8.93. The summed E-state index contributed by atoms with van der Waals surface area (Å²) in [6.07, 6.45) is -13.8. The molecule has 34 heavy (non-hydrogen) atoms. The Morgan fingerprint density at radius 2 is 0.824 bits per heavy atom. The van der Waals surface area contributed by atoms with E-state index in [-0.39, 0.29) is 0 Å². The van der Waals surface area contributed by atoms with Gasteiger partial charge in [0.15, 0.2) is 0 Å². The van der Waals surface area contributed by atoms with Crippen LogP contribution < -0.4 is 5.32 Å². The smallest absolute Gasteiger partial charge is 0.323 e. The van der Waals surface area contributed by atoms with Gasteiger partial charge in [0.25, 0.3) is 6.17 Å². The number of rotatable bonds is 8. The maximum absolute atomic E-state index is 13.2. The second-order valence-electron chi connectivity index (χ2n) is 5.89. The van der Waals surface area contributed by atoms with Gasteiger partial charge in [-0.3, -0.25) is 4.55 Å². The summed E-state index contributed by atoms with van der Waals surface area (Å²) in [6.45, 7) is 0. The van der Waals surface area contributed by atoms with Crippen molar-refractivity contribution in [1.82, 2.24) is 5.32 Å². The van der Waals surface area contributed by atoms with Crippen molar-refractivity contribution < 1.29 is 92.0 Å². The topological polar surface area (TPSA) is 66.4 Å². The summed E-state index contributed by atoms with van der Waals surface area (Å²) in [5.41, 5.74) is 0. The molecule has 0 aromatic heterocycles. The van der Waals surface area contributed by atoms with Crippen LogP contribution in [0.1, 0.15) is 0 Å². The molecular weight excluding hydrogens is 568 g/mol. The van der Waals surface area contributed by atoms with Crippen LogP contribution in [0.2, 0.25) is 0 Å². The number of hydrogen-bond acceptors (Lipinski definition) is 3. The van der Waals surface area contributed by atoms with Crippen LogP contribution in [-0.4, -0.2) is 80.2 Å². The third kappa shape index (κ3) is 4.95. The van der Waals surface area contributed by atoms with Crippen molar-refractivity contribution in [2.45, 2.75) is 53.1 Å². The van der Waals surface area contributed by atoms with Gasteiger partial charge in [-0.1, -0.05) is 0 Å². The quantitative estimate of drug-likeness (QED) is 0.315. The van der Waals surface area contributed by atoms with Gasteiger partial charge in [-0.15, -0.1) is 0 Å². The molecule has 2 N–H and O–H groups in total. The van der Waals surface area contributed by atoms with E-state index in [1.807, 2.05) is 14.1 Å². The molecule has 23 heteroatoms. The highest BCUT2D eigenvalue weighted by Crippen LogP contribution is 2.63. The Hall–Kier alpha value is -1.39. The average molecular weight is 577 g/mol. The zero-order chi connectivity index (χ0) is 28.8. The van der Waals surface area contributed by atoms with Gasteiger partial charge in [0, 0.05) is 0 Å². The first kappa shape index (κ1) is 34.8. The molecule has 0 amide bonds. The molecule has 0 bridgehead atoms. The third-order valence-corrected chi connectivity index (χ3v) is 4.20. The summed E-state index contributed by atoms with van der Waals surface area (Å²) in [4.78, 5) is 0. The number of alkyl halides is 18.